The van der Waals surface area contributed by atoms with E-state index in [9.17, 15) is 9.59 Å². The largest absolute Gasteiger partial charge is 0.497 e. The number of benzene rings is 3. The van der Waals surface area contributed by atoms with Gasteiger partial charge in [-0.2, -0.15) is 0 Å². The summed E-state index contributed by atoms with van der Waals surface area (Å²) in [6, 6.07) is 20.4. The SMILES string of the molecule is CCCN(Nc1ccccc1)/C(C)=C(\C=O)C(=O)Nc1ccc(Oc2ccnc3cc(OC)ccc23)c(F)c1. The Kier molecular flexibility index (Phi) is 8.73. The molecular formula is C30H29FN4O4. The molecule has 1 aromatic heterocycles. The first-order valence-electron chi connectivity index (χ1n) is 12.4. The van der Waals surface area contributed by atoms with Gasteiger partial charge < -0.3 is 14.8 Å². The molecule has 0 aliphatic rings. The molecule has 4 rings (SSSR count). The van der Waals surface area contributed by atoms with Gasteiger partial charge in [-0.3, -0.25) is 25.0 Å². The molecule has 200 valence electrons. The maximum absolute atomic E-state index is 15.0. The van der Waals surface area contributed by atoms with Crippen molar-refractivity contribution >= 4 is 34.5 Å². The number of aldehydes is 1. The van der Waals surface area contributed by atoms with Crippen LogP contribution in [0.1, 0.15) is 20.3 Å². The summed E-state index contributed by atoms with van der Waals surface area (Å²) in [6.45, 7) is 4.23. The minimum absolute atomic E-state index is 0.0279. The van der Waals surface area contributed by atoms with E-state index in [0.29, 0.717) is 40.9 Å². The number of anilines is 2. The lowest BCUT2D eigenvalue weighted by Crippen LogP contribution is -2.32. The van der Waals surface area contributed by atoms with E-state index in [2.05, 4.69) is 15.7 Å². The van der Waals surface area contributed by atoms with Gasteiger partial charge in [-0.05, 0) is 55.8 Å². The van der Waals surface area contributed by atoms with Crippen LogP contribution in [0.3, 0.4) is 0 Å². The van der Waals surface area contributed by atoms with Crippen molar-refractivity contribution in [3.05, 3.63) is 96.1 Å². The lowest BCUT2D eigenvalue weighted by atomic mass is 10.2. The first-order valence-corrected chi connectivity index (χ1v) is 12.4. The fourth-order valence-electron chi connectivity index (χ4n) is 3.94. The van der Waals surface area contributed by atoms with Crippen LogP contribution in [0.5, 0.6) is 17.2 Å². The second-order valence-electron chi connectivity index (χ2n) is 8.64. The first-order chi connectivity index (χ1) is 18.9. The topological polar surface area (TPSA) is 92.8 Å². The molecule has 0 atom stereocenters. The summed E-state index contributed by atoms with van der Waals surface area (Å²) in [5.74, 6) is -0.299. The van der Waals surface area contributed by atoms with Crippen molar-refractivity contribution in [2.45, 2.75) is 20.3 Å². The van der Waals surface area contributed by atoms with E-state index in [1.165, 1.54) is 12.1 Å². The maximum Gasteiger partial charge on any atom is 0.260 e. The van der Waals surface area contributed by atoms with Crippen LogP contribution >= 0.6 is 0 Å². The number of allylic oxidation sites excluding steroid dienone is 1. The lowest BCUT2D eigenvalue weighted by molar-refractivity contribution is -0.115. The molecule has 1 amide bonds. The van der Waals surface area contributed by atoms with Gasteiger partial charge in [0.05, 0.1) is 18.3 Å². The van der Waals surface area contributed by atoms with Gasteiger partial charge in [0.15, 0.2) is 17.9 Å². The molecule has 0 bridgehead atoms. The zero-order valence-corrected chi connectivity index (χ0v) is 21.9. The predicted octanol–water partition coefficient (Wildman–Crippen LogP) is 6.33. The number of nitrogens with zero attached hydrogens (tertiary/aromatic N) is 2. The Hall–Kier alpha value is -4.92. The van der Waals surface area contributed by atoms with E-state index in [0.717, 1.165) is 18.2 Å². The number of methoxy groups -OCH3 is 1. The number of ether oxygens (including phenoxy) is 2. The Morgan fingerprint density at radius 1 is 1.03 bits per heavy atom. The zero-order valence-electron chi connectivity index (χ0n) is 21.9. The number of carbonyl (C=O) groups is 2. The molecule has 1 heterocycles. The van der Waals surface area contributed by atoms with E-state index < -0.39 is 11.7 Å². The Labute approximate surface area is 226 Å². The number of carbonyl (C=O) groups excluding carboxylic acids is 2. The maximum atomic E-state index is 15.0. The molecule has 3 aromatic carbocycles. The first kappa shape index (κ1) is 27.1. The summed E-state index contributed by atoms with van der Waals surface area (Å²) < 4.78 is 26.1. The van der Waals surface area contributed by atoms with Gasteiger partial charge in [-0.1, -0.05) is 25.1 Å². The van der Waals surface area contributed by atoms with Gasteiger partial charge in [-0.25, -0.2) is 4.39 Å². The summed E-state index contributed by atoms with van der Waals surface area (Å²) in [6.07, 6.45) is 2.84. The molecule has 0 saturated heterocycles. The molecule has 0 aliphatic carbocycles. The molecule has 4 aromatic rings. The second kappa shape index (κ2) is 12.6. The molecule has 0 radical (unpaired) electrons. The van der Waals surface area contributed by atoms with Crippen LogP contribution in [0.15, 0.2) is 90.3 Å². The van der Waals surface area contributed by atoms with Crippen LogP contribution in [-0.4, -0.2) is 35.8 Å². The van der Waals surface area contributed by atoms with E-state index in [-0.39, 0.29) is 17.0 Å². The number of amides is 1. The number of halogens is 1. The predicted molar refractivity (Wildman–Crippen MR) is 149 cm³/mol. The number of rotatable bonds is 11. The van der Waals surface area contributed by atoms with Gasteiger partial charge in [0.25, 0.3) is 5.91 Å². The minimum atomic E-state index is -0.682. The molecule has 9 heteroatoms. The van der Waals surface area contributed by atoms with Crippen molar-refractivity contribution < 1.29 is 23.5 Å². The zero-order chi connectivity index (χ0) is 27.8. The quantitative estimate of drug-likeness (QED) is 0.0773. The number of hydrazine groups is 1. The van der Waals surface area contributed by atoms with Gasteiger partial charge in [0.1, 0.15) is 17.1 Å². The number of hydrogen-bond donors (Lipinski definition) is 2. The third kappa shape index (κ3) is 6.51. The van der Waals surface area contributed by atoms with Gasteiger partial charge in [0.2, 0.25) is 0 Å². The monoisotopic (exact) mass is 528 g/mol. The number of para-hydroxylation sites is 1. The highest BCUT2D eigenvalue weighted by Gasteiger charge is 2.18. The fourth-order valence-corrected chi connectivity index (χ4v) is 3.94. The van der Waals surface area contributed by atoms with Crippen molar-refractivity contribution in [2.75, 3.05) is 24.4 Å². The van der Waals surface area contributed by atoms with Crippen molar-refractivity contribution in [1.29, 1.82) is 0 Å². The molecule has 39 heavy (non-hydrogen) atoms. The molecule has 0 spiro atoms. The van der Waals surface area contributed by atoms with Crippen molar-refractivity contribution in [1.82, 2.24) is 9.99 Å². The second-order valence-corrected chi connectivity index (χ2v) is 8.64. The molecule has 0 saturated carbocycles. The van der Waals surface area contributed by atoms with E-state index in [4.69, 9.17) is 9.47 Å². The number of fused-ring (bicyclic) bond motifs is 1. The van der Waals surface area contributed by atoms with E-state index in [1.54, 1.807) is 49.5 Å². The van der Waals surface area contributed by atoms with Gasteiger partial charge >= 0.3 is 0 Å². The number of hydrogen-bond acceptors (Lipinski definition) is 7. The normalized spacial score (nSPS) is 11.4. The van der Waals surface area contributed by atoms with Crippen molar-refractivity contribution in [2.24, 2.45) is 0 Å². The van der Waals surface area contributed by atoms with Crippen molar-refractivity contribution in [3.8, 4) is 17.2 Å². The van der Waals surface area contributed by atoms with Crippen LogP contribution in [0.2, 0.25) is 0 Å². The molecule has 8 nitrogen and oxygen atoms in total. The van der Waals surface area contributed by atoms with Crippen LogP contribution in [0.25, 0.3) is 10.9 Å². The van der Waals surface area contributed by atoms with Gasteiger partial charge in [0, 0.05) is 41.6 Å². The highest BCUT2D eigenvalue weighted by atomic mass is 19.1. The van der Waals surface area contributed by atoms with Crippen LogP contribution in [0.4, 0.5) is 15.8 Å². The number of aromatic nitrogens is 1. The number of pyridine rings is 1. The highest BCUT2D eigenvalue weighted by molar-refractivity contribution is 6.17. The average molecular weight is 529 g/mol. The third-order valence-electron chi connectivity index (χ3n) is 5.96. The smallest absolute Gasteiger partial charge is 0.260 e. The summed E-state index contributed by atoms with van der Waals surface area (Å²) in [5.41, 5.74) is 5.21. The summed E-state index contributed by atoms with van der Waals surface area (Å²) in [5, 5.41) is 5.03. The molecule has 0 unspecified atom stereocenters. The molecule has 0 fully saturated rings. The number of nitrogens with one attached hydrogen (secondary N) is 2. The van der Waals surface area contributed by atoms with Crippen LogP contribution in [0, 0.1) is 5.82 Å². The molecular weight excluding hydrogens is 499 g/mol. The Balaban J connectivity index is 1.52. The molecule has 2 N–H and O–H groups in total. The summed E-state index contributed by atoms with van der Waals surface area (Å²) >= 11 is 0. The summed E-state index contributed by atoms with van der Waals surface area (Å²) in [4.78, 5) is 29.2. The van der Waals surface area contributed by atoms with Crippen LogP contribution in [-0.2, 0) is 9.59 Å². The lowest BCUT2D eigenvalue weighted by Gasteiger charge is -2.27. The third-order valence-corrected chi connectivity index (χ3v) is 5.96. The van der Waals surface area contributed by atoms with E-state index >= 15 is 4.39 Å². The fraction of sp³-hybridized carbons (Fsp3) is 0.167. The van der Waals surface area contributed by atoms with Gasteiger partial charge in [-0.15, -0.1) is 0 Å². The Morgan fingerprint density at radius 3 is 2.51 bits per heavy atom. The Morgan fingerprint density at radius 2 is 1.82 bits per heavy atom. The van der Waals surface area contributed by atoms with Crippen molar-refractivity contribution in [3.63, 3.8) is 0 Å². The van der Waals surface area contributed by atoms with E-state index in [1.807, 2.05) is 37.3 Å². The molecule has 0 aliphatic heterocycles. The Bertz CT molecular complexity index is 1510. The summed E-state index contributed by atoms with van der Waals surface area (Å²) in [7, 11) is 1.56. The highest BCUT2D eigenvalue weighted by Crippen LogP contribution is 2.33. The minimum Gasteiger partial charge on any atom is -0.497 e. The van der Waals surface area contributed by atoms with Crippen LogP contribution < -0.4 is 20.2 Å². The standard InChI is InChI=1S/C30H29FN4O4/c1-4-16-35(34-21-8-6-5-7-9-21)20(2)25(19-36)30(37)33-22-10-13-29(26(31)17-22)39-28-14-15-32-27-18-23(38-3)11-12-24(27)28/h5-15,17-19,34H,4,16H2,1-3H3,(H,33,37)/b25-20+. The average Bonchev–Trinajstić information content (AvgIpc) is 2.95.